The summed E-state index contributed by atoms with van der Waals surface area (Å²) in [6.07, 6.45) is 0. The molecule has 0 spiro atoms. The van der Waals surface area contributed by atoms with Gasteiger partial charge in [-0.2, -0.15) is 0 Å². The minimum Gasteiger partial charge on any atom is -0.499 e. The first-order chi connectivity index (χ1) is 4.95. The molecule has 2 atom stereocenters. The van der Waals surface area contributed by atoms with Crippen LogP contribution in [0.2, 0.25) is 0 Å². The Kier molecular flexibility index (Phi) is 4.22. The lowest BCUT2D eigenvalue weighted by molar-refractivity contribution is -0.234. The predicted octanol–water partition coefficient (Wildman–Crippen LogP) is -2.30. The predicted molar refractivity (Wildman–Crippen MR) is 31.9 cm³/mol. The summed E-state index contributed by atoms with van der Waals surface area (Å²) in [6, 6.07) is 0. The fourth-order valence-electron chi connectivity index (χ4n) is 0.117. The van der Waals surface area contributed by atoms with Crippen molar-refractivity contribution in [1.29, 1.82) is 0 Å². The van der Waals surface area contributed by atoms with E-state index in [4.69, 9.17) is 9.11 Å². The maximum atomic E-state index is 9.66. The Balaban J connectivity index is 3.84. The van der Waals surface area contributed by atoms with Crippen LogP contribution in [0, 0.1) is 0 Å². The standard InChI is InChI=1S/C2H2O7S2/c3-1(4)10(7)9-11(8)2(5)6/h7-8H. The van der Waals surface area contributed by atoms with Crippen LogP contribution in [-0.2, 0) is 26.5 Å². The van der Waals surface area contributed by atoms with Crippen molar-refractivity contribution in [2.45, 2.75) is 0 Å². The third-order valence-corrected chi connectivity index (χ3v) is 2.02. The third-order valence-electron chi connectivity index (χ3n) is 0.414. The number of hydrogen-bond donors (Lipinski definition) is 2. The minimum atomic E-state index is -2.73. The molecule has 64 valence electrons. The Hall–Kier alpha value is -0.480. The van der Waals surface area contributed by atoms with Gasteiger partial charge in [0.2, 0.25) is 0 Å². The van der Waals surface area contributed by atoms with E-state index in [-0.39, 0.29) is 0 Å². The van der Waals surface area contributed by atoms with Gasteiger partial charge in [-0.3, -0.25) is 0 Å². The van der Waals surface area contributed by atoms with Crippen LogP contribution in [0.5, 0.6) is 0 Å². The quantitative estimate of drug-likeness (QED) is 0.481. The molecular weight excluding hydrogens is 200 g/mol. The van der Waals surface area contributed by atoms with Gasteiger partial charge in [-0.05, 0) is 0 Å². The molecule has 0 saturated carbocycles. The Labute approximate surface area is 66.7 Å². The van der Waals surface area contributed by atoms with E-state index < -0.39 is 33.5 Å². The van der Waals surface area contributed by atoms with Gasteiger partial charge < -0.3 is 19.8 Å². The van der Waals surface area contributed by atoms with Crippen molar-refractivity contribution in [3.63, 3.8) is 0 Å². The SMILES string of the molecule is O=C([O-])[S+](O)O[S+](O)C(=O)[O-]. The summed E-state index contributed by atoms with van der Waals surface area (Å²) in [4.78, 5) is 19.3. The van der Waals surface area contributed by atoms with Gasteiger partial charge in [0.1, 0.15) is 3.63 Å². The van der Waals surface area contributed by atoms with Crippen molar-refractivity contribution < 1.29 is 32.5 Å². The van der Waals surface area contributed by atoms with Gasteiger partial charge in [0.15, 0.2) is 0 Å². The Morgan fingerprint density at radius 3 is 1.55 bits per heavy atom. The first kappa shape index (κ1) is 10.5. The maximum absolute atomic E-state index is 9.66. The second-order valence-electron chi connectivity index (χ2n) is 1.07. The molecule has 2 unspecified atom stereocenters. The summed E-state index contributed by atoms with van der Waals surface area (Å²) >= 11 is -5.45. The van der Waals surface area contributed by atoms with E-state index in [2.05, 4.69) is 3.63 Å². The molecule has 0 aromatic heterocycles. The molecule has 2 N–H and O–H groups in total. The van der Waals surface area contributed by atoms with E-state index in [0.717, 1.165) is 0 Å². The molecule has 0 aliphatic heterocycles. The van der Waals surface area contributed by atoms with E-state index in [9.17, 15) is 19.8 Å². The first-order valence-electron chi connectivity index (χ1n) is 1.92. The van der Waals surface area contributed by atoms with Crippen LogP contribution in [0.25, 0.3) is 0 Å². The normalized spacial score (nSPS) is 15.5. The van der Waals surface area contributed by atoms with E-state index >= 15 is 0 Å². The molecule has 0 saturated heterocycles. The van der Waals surface area contributed by atoms with Crippen molar-refractivity contribution in [2.75, 3.05) is 0 Å². The monoisotopic (exact) mass is 202 g/mol. The molecular formula is C2H2O7S2. The summed E-state index contributed by atoms with van der Waals surface area (Å²) < 4.78 is 20.1. The largest absolute Gasteiger partial charge is 0.499 e. The molecule has 0 bridgehead atoms. The van der Waals surface area contributed by atoms with Crippen LogP contribution in [0.3, 0.4) is 0 Å². The van der Waals surface area contributed by atoms with Crippen LogP contribution in [0.4, 0.5) is 9.59 Å². The van der Waals surface area contributed by atoms with Gasteiger partial charge in [0.25, 0.3) is 0 Å². The van der Waals surface area contributed by atoms with Crippen LogP contribution < -0.4 is 10.2 Å². The van der Waals surface area contributed by atoms with Gasteiger partial charge in [0.05, 0.1) is 0 Å². The number of carbonyl (C=O) groups excluding carboxylic acids is 2. The Morgan fingerprint density at radius 1 is 1.09 bits per heavy atom. The molecule has 0 aromatic carbocycles. The Bertz CT molecular complexity index is 150. The highest BCUT2D eigenvalue weighted by Crippen LogP contribution is 2.01. The number of carbonyl (C=O) groups is 2. The lowest BCUT2D eigenvalue weighted by atomic mass is 11.6. The lowest BCUT2D eigenvalue weighted by Gasteiger charge is -1.92. The molecule has 0 rings (SSSR count). The van der Waals surface area contributed by atoms with Crippen LogP contribution in [0.1, 0.15) is 0 Å². The second-order valence-corrected chi connectivity index (χ2v) is 3.27. The Morgan fingerprint density at radius 2 is 1.36 bits per heavy atom. The zero-order chi connectivity index (χ0) is 9.02. The molecule has 7 nitrogen and oxygen atoms in total. The van der Waals surface area contributed by atoms with E-state index in [0.29, 0.717) is 0 Å². The number of hydrogen-bond acceptors (Lipinski definition) is 7. The topological polar surface area (TPSA) is 130 Å². The summed E-state index contributed by atoms with van der Waals surface area (Å²) in [7, 11) is 0. The highest BCUT2D eigenvalue weighted by molar-refractivity contribution is 8.13. The van der Waals surface area contributed by atoms with Crippen LogP contribution >= 0.6 is 0 Å². The summed E-state index contributed by atoms with van der Waals surface area (Å²) in [5.41, 5.74) is 0. The molecule has 0 radical (unpaired) electrons. The summed E-state index contributed by atoms with van der Waals surface area (Å²) in [5.74, 6) is 0. The van der Waals surface area contributed by atoms with Gasteiger partial charge in [-0.1, -0.05) is 0 Å². The number of rotatable bonds is 2. The van der Waals surface area contributed by atoms with Crippen molar-refractivity contribution in [1.82, 2.24) is 0 Å². The van der Waals surface area contributed by atoms with Gasteiger partial charge >= 0.3 is 33.5 Å². The summed E-state index contributed by atoms with van der Waals surface area (Å²) in [5, 5.41) is 15.3. The number of carboxylic acid groups (broad SMARTS) is 2. The second kappa shape index (κ2) is 4.41. The smallest absolute Gasteiger partial charge is 0.435 e. The maximum Gasteiger partial charge on any atom is 0.435 e. The van der Waals surface area contributed by atoms with Crippen LogP contribution in [-0.4, -0.2) is 19.7 Å². The minimum absolute atomic E-state index is 2.02. The average Bonchev–Trinajstić information content (AvgIpc) is 1.87. The van der Waals surface area contributed by atoms with Gasteiger partial charge in [0, 0.05) is 0 Å². The van der Waals surface area contributed by atoms with E-state index in [1.54, 1.807) is 0 Å². The third kappa shape index (κ3) is 4.06. The van der Waals surface area contributed by atoms with E-state index in [1.807, 2.05) is 0 Å². The fraction of sp³-hybridized carbons (Fsp3) is 0. The zero-order valence-corrected chi connectivity index (χ0v) is 6.39. The zero-order valence-electron chi connectivity index (χ0n) is 4.75. The molecule has 11 heavy (non-hydrogen) atoms. The highest BCUT2D eigenvalue weighted by Gasteiger charge is 2.39. The molecule has 0 aliphatic rings. The van der Waals surface area contributed by atoms with Gasteiger partial charge in [-0.15, -0.1) is 9.11 Å². The van der Waals surface area contributed by atoms with Crippen molar-refractivity contribution >= 4 is 33.5 Å². The molecule has 9 heteroatoms. The highest BCUT2D eigenvalue weighted by atomic mass is 32.3. The van der Waals surface area contributed by atoms with Gasteiger partial charge in [-0.25, -0.2) is 0 Å². The molecule has 0 heterocycles. The fourth-order valence-corrected chi connectivity index (χ4v) is 1.05. The molecule has 0 aromatic rings. The van der Waals surface area contributed by atoms with Crippen LogP contribution in [0.15, 0.2) is 0 Å². The van der Waals surface area contributed by atoms with Crippen molar-refractivity contribution in [3.05, 3.63) is 0 Å². The summed E-state index contributed by atoms with van der Waals surface area (Å²) in [6.45, 7) is 0. The van der Waals surface area contributed by atoms with Crippen molar-refractivity contribution in [3.8, 4) is 0 Å². The first-order valence-corrected chi connectivity index (χ1v) is 4.14. The lowest BCUT2D eigenvalue weighted by Crippen LogP contribution is -2.38. The molecule has 0 fully saturated rings. The molecule has 0 aliphatic carbocycles. The van der Waals surface area contributed by atoms with E-state index in [1.165, 1.54) is 0 Å². The molecule has 0 amide bonds. The van der Waals surface area contributed by atoms with Crippen molar-refractivity contribution in [2.24, 2.45) is 0 Å². The average molecular weight is 202 g/mol.